The number of anilines is 1. The van der Waals surface area contributed by atoms with E-state index in [-0.39, 0.29) is 12.5 Å². The molecule has 1 saturated heterocycles. The molecule has 0 aliphatic carbocycles. The molecule has 1 aliphatic heterocycles. The summed E-state index contributed by atoms with van der Waals surface area (Å²) in [5.41, 5.74) is 5.34. The number of nitrogens with one attached hydrogen (secondary N) is 1. The molecule has 1 atom stereocenters. The highest BCUT2D eigenvalue weighted by Gasteiger charge is 2.37. The van der Waals surface area contributed by atoms with Gasteiger partial charge in [0.25, 0.3) is 5.91 Å². The lowest BCUT2D eigenvalue weighted by atomic mass is 10.0. The van der Waals surface area contributed by atoms with Crippen molar-refractivity contribution in [2.45, 2.75) is 25.4 Å². The van der Waals surface area contributed by atoms with Gasteiger partial charge in [-0.15, -0.1) is 0 Å². The molecule has 1 amide bonds. The molecule has 0 spiro atoms. The van der Waals surface area contributed by atoms with E-state index in [1.54, 1.807) is 24.3 Å². The first-order chi connectivity index (χ1) is 9.49. The van der Waals surface area contributed by atoms with Crippen molar-refractivity contribution in [2.24, 2.45) is 5.73 Å². The molecule has 1 fully saturated rings. The zero-order valence-electron chi connectivity index (χ0n) is 11.3. The number of benzene rings is 1. The first-order valence-electron chi connectivity index (χ1n) is 6.46. The summed E-state index contributed by atoms with van der Waals surface area (Å²) >= 11 is 4.73. The van der Waals surface area contributed by atoms with Gasteiger partial charge in [0.1, 0.15) is 22.9 Å². The van der Waals surface area contributed by atoms with Crippen molar-refractivity contribution in [1.29, 1.82) is 0 Å². The largest absolute Gasteiger partial charge is 0.487 e. The third kappa shape index (κ3) is 3.68. The maximum Gasteiger partial charge on any atom is 0.256 e. The summed E-state index contributed by atoms with van der Waals surface area (Å²) in [6.07, 6.45) is 1.66. The highest BCUT2D eigenvalue weighted by Crippen LogP contribution is 2.27. The van der Waals surface area contributed by atoms with E-state index in [2.05, 4.69) is 5.32 Å². The molecule has 1 unspecified atom stereocenters. The molecule has 0 radical (unpaired) electrons. The molecule has 0 bridgehead atoms. The lowest BCUT2D eigenvalue weighted by Gasteiger charge is -2.21. The molecular formula is C14H18N2O3S. The summed E-state index contributed by atoms with van der Waals surface area (Å²) in [6, 6.07) is 7.05. The Labute approximate surface area is 123 Å². The topological polar surface area (TPSA) is 73.6 Å². The number of thiocarbonyl (C=S) groups is 1. The molecule has 6 heteroatoms. The SMILES string of the molecule is CC1(C(=O)Nc2ccc(OCC(N)=S)cc2)CCCO1. The molecule has 108 valence electrons. The number of nitrogens with two attached hydrogens (primary N) is 1. The smallest absolute Gasteiger partial charge is 0.256 e. The second kappa shape index (κ2) is 6.19. The Kier molecular flexibility index (Phi) is 4.57. The van der Waals surface area contributed by atoms with E-state index in [4.69, 9.17) is 27.4 Å². The molecule has 5 nitrogen and oxygen atoms in total. The third-order valence-electron chi connectivity index (χ3n) is 3.19. The summed E-state index contributed by atoms with van der Waals surface area (Å²) in [5, 5.41) is 2.85. The summed E-state index contributed by atoms with van der Waals surface area (Å²) in [6.45, 7) is 2.65. The molecule has 3 N–H and O–H groups in total. The van der Waals surface area contributed by atoms with E-state index in [0.29, 0.717) is 23.0 Å². The molecule has 0 aromatic heterocycles. The quantitative estimate of drug-likeness (QED) is 0.811. The monoisotopic (exact) mass is 294 g/mol. The zero-order chi connectivity index (χ0) is 14.6. The van der Waals surface area contributed by atoms with Crippen LogP contribution < -0.4 is 15.8 Å². The van der Waals surface area contributed by atoms with E-state index in [1.165, 1.54) is 0 Å². The van der Waals surface area contributed by atoms with Gasteiger partial charge in [-0.25, -0.2) is 0 Å². The van der Waals surface area contributed by atoms with Gasteiger partial charge in [0, 0.05) is 12.3 Å². The van der Waals surface area contributed by atoms with Gasteiger partial charge in [-0.2, -0.15) is 0 Å². The van der Waals surface area contributed by atoms with E-state index in [9.17, 15) is 4.79 Å². The molecule has 1 aromatic rings. The fraction of sp³-hybridized carbons (Fsp3) is 0.429. The Morgan fingerprint density at radius 3 is 2.75 bits per heavy atom. The second-order valence-corrected chi connectivity index (χ2v) is 5.44. The van der Waals surface area contributed by atoms with Crippen LogP contribution in [0.5, 0.6) is 5.75 Å². The highest BCUT2D eigenvalue weighted by molar-refractivity contribution is 7.80. The molecule has 20 heavy (non-hydrogen) atoms. The zero-order valence-corrected chi connectivity index (χ0v) is 12.2. The van der Waals surface area contributed by atoms with Crippen LogP contribution in [0.1, 0.15) is 19.8 Å². The van der Waals surface area contributed by atoms with Gasteiger partial charge >= 0.3 is 0 Å². The fourth-order valence-corrected chi connectivity index (χ4v) is 2.07. The first kappa shape index (κ1) is 14.7. The molecule has 1 aromatic carbocycles. The Bertz CT molecular complexity index is 496. The number of hydrogen-bond acceptors (Lipinski definition) is 4. The van der Waals surface area contributed by atoms with Crippen LogP contribution in [-0.2, 0) is 9.53 Å². The lowest BCUT2D eigenvalue weighted by molar-refractivity contribution is -0.133. The van der Waals surface area contributed by atoms with Crippen LogP contribution in [-0.4, -0.2) is 29.7 Å². The van der Waals surface area contributed by atoms with Crippen molar-refractivity contribution in [3.63, 3.8) is 0 Å². The van der Waals surface area contributed by atoms with Crippen molar-refractivity contribution in [3.05, 3.63) is 24.3 Å². The summed E-state index contributed by atoms with van der Waals surface area (Å²) < 4.78 is 10.8. The molecule has 2 rings (SSSR count). The van der Waals surface area contributed by atoms with Crippen molar-refractivity contribution in [3.8, 4) is 5.75 Å². The fourth-order valence-electron chi connectivity index (χ4n) is 2.01. The van der Waals surface area contributed by atoms with Crippen molar-refractivity contribution >= 4 is 28.8 Å². The third-order valence-corrected chi connectivity index (χ3v) is 3.31. The number of rotatable bonds is 5. The number of hydrogen-bond donors (Lipinski definition) is 2. The number of ether oxygens (including phenoxy) is 2. The Hall–Kier alpha value is -1.66. The van der Waals surface area contributed by atoms with E-state index in [1.807, 2.05) is 6.92 Å². The first-order valence-corrected chi connectivity index (χ1v) is 6.87. The standard InChI is InChI=1S/C14H18N2O3S/c1-14(7-2-8-19-14)13(17)16-10-3-5-11(6-4-10)18-9-12(15)20/h3-6H,2,7-9H2,1H3,(H2,15,20)(H,16,17). The normalized spacial score (nSPS) is 21.4. The number of amides is 1. The molecule has 1 heterocycles. The average Bonchev–Trinajstić information content (AvgIpc) is 2.86. The van der Waals surface area contributed by atoms with Gasteiger partial charge < -0.3 is 20.5 Å². The molecule has 1 aliphatic rings. The van der Waals surface area contributed by atoms with Gasteiger partial charge in [-0.05, 0) is 44.0 Å². The Morgan fingerprint density at radius 1 is 1.50 bits per heavy atom. The predicted octanol–water partition coefficient (Wildman–Crippen LogP) is 1.86. The van der Waals surface area contributed by atoms with Crippen molar-refractivity contribution < 1.29 is 14.3 Å². The van der Waals surface area contributed by atoms with Crippen LogP contribution >= 0.6 is 12.2 Å². The van der Waals surface area contributed by atoms with Gasteiger partial charge in [-0.1, -0.05) is 12.2 Å². The Morgan fingerprint density at radius 2 is 2.20 bits per heavy atom. The number of carbonyl (C=O) groups is 1. The van der Waals surface area contributed by atoms with Crippen LogP contribution in [0.3, 0.4) is 0 Å². The maximum absolute atomic E-state index is 12.1. The maximum atomic E-state index is 12.1. The lowest BCUT2D eigenvalue weighted by Crippen LogP contribution is -2.39. The minimum absolute atomic E-state index is 0.119. The van der Waals surface area contributed by atoms with Crippen LogP contribution in [0, 0.1) is 0 Å². The van der Waals surface area contributed by atoms with Crippen LogP contribution in [0.4, 0.5) is 5.69 Å². The minimum atomic E-state index is -0.721. The van der Waals surface area contributed by atoms with Gasteiger partial charge in [0.05, 0.1) is 0 Å². The van der Waals surface area contributed by atoms with Gasteiger partial charge in [0.2, 0.25) is 0 Å². The van der Waals surface area contributed by atoms with Crippen LogP contribution in [0.25, 0.3) is 0 Å². The van der Waals surface area contributed by atoms with Crippen LogP contribution in [0.2, 0.25) is 0 Å². The van der Waals surface area contributed by atoms with E-state index in [0.717, 1.165) is 12.8 Å². The predicted molar refractivity (Wildman–Crippen MR) is 80.9 cm³/mol. The van der Waals surface area contributed by atoms with Crippen molar-refractivity contribution in [1.82, 2.24) is 0 Å². The van der Waals surface area contributed by atoms with Crippen molar-refractivity contribution in [2.75, 3.05) is 18.5 Å². The van der Waals surface area contributed by atoms with Crippen LogP contribution in [0.15, 0.2) is 24.3 Å². The van der Waals surface area contributed by atoms with E-state index < -0.39 is 5.60 Å². The second-order valence-electron chi connectivity index (χ2n) is 4.92. The number of carbonyl (C=O) groups excluding carboxylic acids is 1. The highest BCUT2D eigenvalue weighted by atomic mass is 32.1. The minimum Gasteiger partial charge on any atom is -0.487 e. The van der Waals surface area contributed by atoms with E-state index >= 15 is 0 Å². The summed E-state index contributed by atoms with van der Waals surface area (Å²) in [7, 11) is 0. The summed E-state index contributed by atoms with van der Waals surface area (Å²) in [4.78, 5) is 12.4. The molecular weight excluding hydrogens is 276 g/mol. The summed E-state index contributed by atoms with van der Waals surface area (Å²) in [5.74, 6) is 0.533. The van der Waals surface area contributed by atoms with Gasteiger partial charge in [-0.3, -0.25) is 4.79 Å². The van der Waals surface area contributed by atoms with Gasteiger partial charge in [0.15, 0.2) is 0 Å². The molecule has 0 saturated carbocycles. The average molecular weight is 294 g/mol. The Balaban J connectivity index is 1.93.